The molecule has 26 heavy (non-hydrogen) atoms. The first-order valence-corrected chi connectivity index (χ1v) is 8.22. The van der Waals surface area contributed by atoms with Crippen LogP contribution in [0.15, 0.2) is 39.5 Å². The number of aromatic hydroxyl groups is 1. The Balaban J connectivity index is 2.25. The number of rotatable bonds is 3. The molecule has 0 saturated carbocycles. The summed E-state index contributed by atoms with van der Waals surface area (Å²) < 4.78 is 73.8. The third-order valence-corrected chi connectivity index (χ3v) is 4.40. The molecule has 0 bridgehead atoms. The lowest BCUT2D eigenvalue weighted by molar-refractivity contribution is -0.0500. The molecule has 0 amide bonds. The van der Waals surface area contributed by atoms with Crippen molar-refractivity contribution in [3.8, 4) is 17.2 Å². The third-order valence-electron chi connectivity index (χ3n) is 3.42. The molecule has 0 unspecified atom stereocenters. The highest BCUT2D eigenvalue weighted by atomic mass is 32.2. The quantitative estimate of drug-likeness (QED) is 0.417. The van der Waals surface area contributed by atoms with Gasteiger partial charge < -0.3 is 18.4 Å². The lowest BCUT2D eigenvalue weighted by Crippen LogP contribution is -2.28. The van der Waals surface area contributed by atoms with Crippen molar-refractivity contribution in [3.05, 3.63) is 40.6 Å². The smallest absolute Gasteiger partial charge is 0.507 e. The minimum atomic E-state index is -5.95. The van der Waals surface area contributed by atoms with Crippen LogP contribution in [0, 0.1) is 0 Å². The molecular weight excluding hydrogens is 381 g/mol. The molecule has 3 aromatic rings. The standard InChI is InChI=1S/C15H9F3O7S/c1-23-7-2-3-9-11(5-7)24-12-6-8(4-10(19)13(12)14(9)20)25-26(21,22)15(16,17)18/h2-6,19H,1H3. The highest BCUT2D eigenvalue weighted by Crippen LogP contribution is 2.34. The van der Waals surface area contributed by atoms with Crippen LogP contribution in [0.4, 0.5) is 13.2 Å². The van der Waals surface area contributed by atoms with Crippen molar-refractivity contribution in [2.45, 2.75) is 5.51 Å². The van der Waals surface area contributed by atoms with E-state index in [4.69, 9.17) is 9.15 Å². The zero-order chi connectivity index (χ0) is 19.3. The SMILES string of the molecule is COc1ccc2c(=O)c3c(O)cc(OS(=O)(=O)C(F)(F)F)cc3oc2c1. The Morgan fingerprint density at radius 3 is 2.35 bits per heavy atom. The predicted molar refractivity (Wildman–Crippen MR) is 83.8 cm³/mol. The summed E-state index contributed by atoms with van der Waals surface area (Å²) in [6.07, 6.45) is 0. The van der Waals surface area contributed by atoms with Gasteiger partial charge in [0.15, 0.2) is 0 Å². The second-order valence-corrected chi connectivity index (χ2v) is 6.63. The molecule has 0 aliphatic carbocycles. The van der Waals surface area contributed by atoms with Gasteiger partial charge in [0, 0.05) is 18.2 Å². The number of fused-ring (bicyclic) bond motifs is 2. The molecule has 2 aromatic carbocycles. The molecule has 0 aliphatic rings. The largest absolute Gasteiger partial charge is 0.534 e. The van der Waals surface area contributed by atoms with Crippen LogP contribution in [0.2, 0.25) is 0 Å². The van der Waals surface area contributed by atoms with E-state index in [9.17, 15) is 31.5 Å². The Bertz CT molecular complexity index is 1180. The van der Waals surface area contributed by atoms with Gasteiger partial charge in [-0.1, -0.05) is 0 Å². The Kier molecular flexibility index (Phi) is 3.98. The molecule has 0 aliphatic heterocycles. The second kappa shape index (κ2) is 5.80. The average Bonchev–Trinajstić information content (AvgIpc) is 2.52. The second-order valence-electron chi connectivity index (χ2n) is 5.09. The van der Waals surface area contributed by atoms with Crippen LogP contribution in [0.25, 0.3) is 21.9 Å². The summed E-state index contributed by atoms with van der Waals surface area (Å²) in [5, 5.41) is 9.71. The van der Waals surface area contributed by atoms with Crippen molar-refractivity contribution in [2.75, 3.05) is 7.11 Å². The molecule has 0 atom stereocenters. The van der Waals surface area contributed by atoms with E-state index in [-0.39, 0.29) is 21.9 Å². The molecule has 1 aromatic heterocycles. The summed E-state index contributed by atoms with van der Waals surface area (Å²) in [6, 6.07) is 5.57. The number of hydrogen-bond donors (Lipinski definition) is 1. The fraction of sp³-hybridized carbons (Fsp3) is 0.133. The first kappa shape index (κ1) is 17.9. The number of benzene rings is 2. The van der Waals surface area contributed by atoms with Gasteiger partial charge in [0.2, 0.25) is 5.43 Å². The minimum absolute atomic E-state index is 0.0251. The van der Waals surface area contributed by atoms with E-state index in [2.05, 4.69) is 4.18 Å². The van der Waals surface area contributed by atoms with E-state index >= 15 is 0 Å². The number of methoxy groups -OCH3 is 1. The van der Waals surface area contributed by atoms with Crippen LogP contribution in [0.5, 0.6) is 17.2 Å². The number of phenols is 1. The molecular formula is C15H9F3O7S. The van der Waals surface area contributed by atoms with Crippen molar-refractivity contribution in [1.82, 2.24) is 0 Å². The van der Waals surface area contributed by atoms with Gasteiger partial charge in [0.05, 0.1) is 12.5 Å². The van der Waals surface area contributed by atoms with Crippen LogP contribution in [-0.2, 0) is 10.1 Å². The van der Waals surface area contributed by atoms with Crippen molar-refractivity contribution in [1.29, 1.82) is 0 Å². The summed E-state index contributed by atoms with van der Waals surface area (Å²) in [7, 11) is -4.58. The molecule has 0 saturated heterocycles. The molecule has 0 spiro atoms. The van der Waals surface area contributed by atoms with Crippen molar-refractivity contribution < 1.29 is 40.0 Å². The maximum atomic E-state index is 12.5. The number of alkyl halides is 3. The fourth-order valence-electron chi connectivity index (χ4n) is 2.26. The van der Waals surface area contributed by atoms with E-state index in [1.54, 1.807) is 0 Å². The van der Waals surface area contributed by atoms with Gasteiger partial charge in [-0.3, -0.25) is 4.79 Å². The van der Waals surface area contributed by atoms with Gasteiger partial charge in [0.1, 0.15) is 33.8 Å². The topological polar surface area (TPSA) is 103 Å². The van der Waals surface area contributed by atoms with Crippen molar-refractivity contribution >= 4 is 32.1 Å². The zero-order valence-corrected chi connectivity index (χ0v) is 13.6. The molecule has 11 heteroatoms. The Morgan fingerprint density at radius 2 is 1.73 bits per heavy atom. The first-order chi connectivity index (χ1) is 12.0. The summed E-state index contributed by atoms with van der Waals surface area (Å²) in [4.78, 5) is 12.5. The molecule has 3 rings (SSSR count). The Hall–Kier alpha value is -2.95. The van der Waals surface area contributed by atoms with Crippen molar-refractivity contribution in [2.24, 2.45) is 0 Å². The Labute approximate surface area is 143 Å². The van der Waals surface area contributed by atoms with E-state index in [1.165, 1.54) is 25.3 Å². The van der Waals surface area contributed by atoms with Crippen LogP contribution >= 0.6 is 0 Å². The van der Waals surface area contributed by atoms with Gasteiger partial charge in [-0.05, 0) is 12.1 Å². The maximum Gasteiger partial charge on any atom is 0.534 e. The van der Waals surface area contributed by atoms with E-state index in [0.717, 1.165) is 6.07 Å². The monoisotopic (exact) mass is 390 g/mol. The van der Waals surface area contributed by atoms with Gasteiger partial charge in [-0.25, -0.2) is 0 Å². The minimum Gasteiger partial charge on any atom is -0.507 e. The van der Waals surface area contributed by atoms with Gasteiger partial charge in [-0.2, -0.15) is 21.6 Å². The zero-order valence-electron chi connectivity index (χ0n) is 12.8. The first-order valence-electron chi connectivity index (χ1n) is 6.82. The van der Waals surface area contributed by atoms with Crippen LogP contribution < -0.4 is 14.3 Å². The van der Waals surface area contributed by atoms with E-state index < -0.39 is 32.6 Å². The third kappa shape index (κ3) is 2.90. The van der Waals surface area contributed by atoms with E-state index in [0.29, 0.717) is 11.8 Å². The highest BCUT2D eigenvalue weighted by molar-refractivity contribution is 7.88. The number of phenolic OH excluding ortho intramolecular Hbond substituents is 1. The van der Waals surface area contributed by atoms with E-state index in [1.807, 2.05) is 0 Å². The Morgan fingerprint density at radius 1 is 1.08 bits per heavy atom. The van der Waals surface area contributed by atoms with Crippen LogP contribution in [0.1, 0.15) is 0 Å². The van der Waals surface area contributed by atoms with Crippen molar-refractivity contribution in [3.63, 3.8) is 0 Å². The lowest BCUT2D eigenvalue weighted by atomic mass is 10.1. The number of hydrogen-bond acceptors (Lipinski definition) is 7. The summed E-state index contributed by atoms with van der Waals surface area (Å²) >= 11 is 0. The predicted octanol–water partition coefficient (Wildman–Crippen LogP) is 2.89. The van der Waals surface area contributed by atoms with Gasteiger partial charge in [0.25, 0.3) is 0 Å². The van der Waals surface area contributed by atoms with Crippen LogP contribution in [0.3, 0.4) is 0 Å². The molecule has 7 nitrogen and oxygen atoms in total. The average molecular weight is 390 g/mol. The fourth-order valence-corrected chi connectivity index (χ4v) is 2.71. The van der Waals surface area contributed by atoms with Gasteiger partial charge >= 0.3 is 15.6 Å². The summed E-state index contributed by atoms with van der Waals surface area (Å²) in [5.41, 5.74) is -6.65. The molecule has 1 heterocycles. The summed E-state index contributed by atoms with van der Waals surface area (Å²) in [5.74, 6) is -1.31. The molecule has 138 valence electrons. The maximum absolute atomic E-state index is 12.5. The van der Waals surface area contributed by atoms with Gasteiger partial charge in [-0.15, -0.1) is 0 Å². The lowest BCUT2D eigenvalue weighted by Gasteiger charge is -2.11. The highest BCUT2D eigenvalue weighted by Gasteiger charge is 2.48. The number of ether oxygens (including phenoxy) is 1. The van der Waals surface area contributed by atoms with Crippen LogP contribution in [-0.4, -0.2) is 26.1 Å². The molecule has 0 radical (unpaired) electrons. The normalized spacial score (nSPS) is 12.5. The number of halogens is 3. The summed E-state index contributed by atoms with van der Waals surface area (Å²) in [6.45, 7) is 0. The molecule has 1 N–H and O–H groups in total. The molecule has 0 fully saturated rings.